The van der Waals surface area contributed by atoms with E-state index in [4.69, 9.17) is 4.74 Å². The molecule has 0 amide bonds. The first-order valence-corrected chi connectivity index (χ1v) is 6.74. The summed E-state index contributed by atoms with van der Waals surface area (Å²) in [7, 11) is 1.70. The van der Waals surface area contributed by atoms with E-state index in [0.29, 0.717) is 12.2 Å². The average Bonchev–Trinajstić information content (AvgIpc) is 2.35. The molecule has 0 heterocycles. The van der Waals surface area contributed by atoms with Crippen LogP contribution in [0.15, 0.2) is 12.1 Å². The van der Waals surface area contributed by atoms with Crippen LogP contribution in [-0.4, -0.2) is 12.9 Å². The van der Waals surface area contributed by atoms with Crippen LogP contribution in [0.5, 0.6) is 5.75 Å². The first kappa shape index (κ1) is 14.7. The molecular formula is C16H24O2. The fourth-order valence-electron chi connectivity index (χ4n) is 2.22. The van der Waals surface area contributed by atoms with Crippen LogP contribution in [-0.2, 0) is 11.2 Å². The fraction of sp³-hybridized carbons (Fsp3) is 0.562. The van der Waals surface area contributed by atoms with Crippen molar-refractivity contribution in [2.24, 2.45) is 0 Å². The lowest BCUT2D eigenvalue weighted by molar-refractivity contribution is -0.119. The number of carbonyl (C=O) groups is 1. The number of hydrogen-bond acceptors (Lipinski definition) is 2. The van der Waals surface area contributed by atoms with Crippen LogP contribution in [0, 0.1) is 13.8 Å². The number of benzene rings is 1. The Hall–Kier alpha value is -1.31. The number of aryl methyl sites for hydroxylation is 1. The Balaban J connectivity index is 2.58. The van der Waals surface area contributed by atoms with Crippen molar-refractivity contribution < 1.29 is 9.53 Å². The summed E-state index contributed by atoms with van der Waals surface area (Å²) in [5, 5.41) is 0. The van der Waals surface area contributed by atoms with Crippen molar-refractivity contribution >= 4 is 5.78 Å². The van der Waals surface area contributed by atoms with Crippen molar-refractivity contribution in [3.05, 3.63) is 28.8 Å². The van der Waals surface area contributed by atoms with Gasteiger partial charge in [0.1, 0.15) is 11.5 Å². The van der Waals surface area contributed by atoms with E-state index in [9.17, 15) is 4.79 Å². The molecule has 0 saturated carbocycles. The van der Waals surface area contributed by atoms with Gasteiger partial charge < -0.3 is 4.74 Å². The normalized spacial score (nSPS) is 10.4. The molecule has 1 aromatic rings. The topological polar surface area (TPSA) is 26.3 Å². The molecule has 0 aliphatic rings. The molecule has 2 nitrogen and oxygen atoms in total. The Bertz CT molecular complexity index is 408. The van der Waals surface area contributed by atoms with Crippen LogP contribution in [0.25, 0.3) is 0 Å². The van der Waals surface area contributed by atoms with Gasteiger partial charge in [-0.05, 0) is 55.9 Å². The predicted octanol–water partition coefficient (Wildman–Crippen LogP) is 4.00. The molecule has 0 radical (unpaired) electrons. The van der Waals surface area contributed by atoms with Gasteiger partial charge in [0.05, 0.1) is 7.11 Å². The quantitative estimate of drug-likeness (QED) is 0.729. The molecule has 0 aromatic heterocycles. The highest BCUT2D eigenvalue weighted by Gasteiger charge is 2.07. The Kier molecular flexibility index (Phi) is 5.90. The van der Waals surface area contributed by atoms with Gasteiger partial charge in [-0.3, -0.25) is 4.79 Å². The second kappa shape index (κ2) is 7.20. The lowest BCUT2D eigenvalue weighted by atomic mass is 9.97. The third kappa shape index (κ3) is 3.86. The van der Waals surface area contributed by atoms with Crippen molar-refractivity contribution in [2.75, 3.05) is 7.11 Å². The number of carbonyl (C=O) groups excluding carboxylic acids is 1. The molecule has 0 aliphatic carbocycles. The molecule has 0 aliphatic heterocycles. The minimum Gasteiger partial charge on any atom is -0.496 e. The number of hydrogen-bond donors (Lipinski definition) is 0. The van der Waals surface area contributed by atoms with Crippen LogP contribution < -0.4 is 4.74 Å². The van der Waals surface area contributed by atoms with Crippen LogP contribution in [0.2, 0.25) is 0 Å². The van der Waals surface area contributed by atoms with Gasteiger partial charge in [-0.25, -0.2) is 0 Å². The molecule has 0 atom stereocenters. The highest BCUT2D eigenvalue weighted by molar-refractivity contribution is 5.78. The van der Waals surface area contributed by atoms with E-state index in [1.165, 1.54) is 16.7 Å². The molecule has 0 unspecified atom stereocenters. The smallest absolute Gasteiger partial charge is 0.132 e. The van der Waals surface area contributed by atoms with Crippen LogP contribution in [0.4, 0.5) is 0 Å². The van der Waals surface area contributed by atoms with Crippen molar-refractivity contribution in [3.8, 4) is 5.75 Å². The van der Waals surface area contributed by atoms with Gasteiger partial charge in [-0.1, -0.05) is 13.0 Å². The largest absolute Gasteiger partial charge is 0.496 e. The maximum absolute atomic E-state index is 11.5. The summed E-state index contributed by atoms with van der Waals surface area (Å²) in [5.41, 5.74) is 3.82. The molecule has 0 fully saturated rings. The van der Waals surface area contributed by atoms with Crippen LogP contribution >= 0.6 is 0 Å². The van der Waals surface area contributed by atoms with Gasteiger partial charge in [0.25, 0.3) is 0 Å². The fourth-order valence-corrected chi connectivity index (χ4v) is 2.22. The lowest BCUT2D eigenvalue weighted by Gasteiger charge is -2.12. The lowest BCUT2D eigenvalue weighted by Crippen LogP contribution is -2.00. The third-order valence-electron chi connectivity index (χ3n) is 3.50. The van der Waals surface area contributed by atoms with Crippen molar-refractivity contribution in [3.63, 3.8) is 0 Å². The number of ether oxygens (including phenoxy) is 1. The third-order valence-corrected chi connectivity index (χ3v) is 3.50. The summed E-state index contributed by atoms with van der Waals surface area (Å²) >= 11 is 0. The Morgan fingerprint density at radius 2 is 1.89 bits per heavy atom. The maximum atomic E-state index is 11.5. The minimum atomic E-state index is 0.389. The molecule has 0 N–H and O–H groups in total. The molecule has 1 rings (SSSR count). The second-order valence-electron chi connectivity index (χ2n) is 4.82. The van der Waals surface area contributed by atoms with E-state index >= 15 is 0 Å². The van der Waals surface area contributed by atoms with Crippen molar-refractivity contribution in [2.45, 2.75) is 52.9 Å². The molecule has 0 bridgehead atoms. The van der Waals surface area contributed by atoms with Gasteiger partial charge in [0.2, 0.25) is 0 Å². The SMILES string of the molecule is CCCC(=O)CCCc1ccc(OC)c(C)c1C. The van der Waals surface area contributed by atoms with Crippen LogP contribution in [0.3, 0.4) is 0 Å². The summed E-state index contributed by atoms with van der Waals surface area (Å²) in [4.78, 5) is 11.5. The zero-order valence-electron chi connectivity index (χ0n) is 12.0. The van der Waals surface area contributed by atoms with Gasteiger partial charge in [-0.15, -0.1) is 0 Å². The highest BCUT2D eigenvalue weighted by Crippen LogP contribution is 2.24. The van der Waals surface area contributed by atoms with Gasteiger partial charge in [0.15, 0.2) is 0 Å². The van der Waals surface area contributed by atoms with Gasteiger partial charge in [-0.2, -0.15) is 0 Å². The number of Topliss-reactive ketones (excluding diaryl/α,β-unsaturated/α-hetero) is 1. The summed E-state index contributed by atoms with van der Waals surface area (Å²) in [6.45, 7) is 6.26. The molecule has 0 saturated heterocycles. The van der Waals surface area contributed by atoms with Gasteiger partial charge in [0, 0.05) is 12.8 Å². The summed E-state index contributed by atoms with van der Waals surface area (Å²) < 4.78 is 5.30. The summed E-state index contributed by atoms with van der Waals surface area (Å²) in [6, 6.07) is 4.14. The first-order valence-electron chi connectivity index (χ1n) is 6.74. The van der Waals surface area contributed by atoms with Crippen molar-refractivity contribution in [1.29, 1.82) is 0 Å². The highest BCUT2D eigenvalue weighted by atomic mass is 16.5. The van der Waals surface area contributed by atoms with E-state index in [-0.39, 0.29) is 0 Å². The van der Waals surface area contributed by atoms with E-state index in [1.54, 1.807) is 7.11 Å². The predicted molar refractivity (Wildman–Crippen MR) is 75.3 cm³/mol. The van der Waals surface area contributed by atoms with Gasteiger partial charge >= 0.3 is 0 Å². The van der Waals surface area contributed by atoms with E-state index in [0.717, 1.165) is 31.4 Å². The first-order chi connectivity index (χ1) is 8.60. The second-order valence-corrected chi connectivity index (χ2v) is 4.82. The van der Waals surface area contributed by atoms with Crippen molar-refractivity contribution in [1.82, 2.24) is 0 Å². The zero-order valence-corrected chi connectivity index (χ0v) is 12.0. The molecular weight excluding hydrogens is 224 g/mol. The number of ketones is 1. The Labute approximate surface area is 110 Å². The summed E-state index contributed by atoms with van der Waals surface area (Å²) in [6.07, 6.45) is 4.32. The Morgan fingerprint density at radius 1 is 1.17 bits per heavy atom. The molecule has 1 aromatic carbocycles. The molecule has 2 heteroatoms. The van der Waals surface area contributed by atoms with Crippen LogP contribution in [0.1, 0.15) is 49.3 Å². The van der Waals surface area contributed by atoms with E-state index < -0.39 is 0 Å². The number of methoxy groups -OCH3 is 1. The standard InChI is InChI=1S/C16H24O2/c1-5-7-15(17)9-6-8-14-10-11-16(18-4)13(3)12(14)2/h10-11H,5-9H2,1-4H3. The molecule has 18 heavy (non-hydrogen) atoms. The average molecular weight is 248 g/mol. The molecule has 0 spiro atoms. The Morgan fingerprint density at radius 3 is 2.50 bits per heavy atom. The zero-order chi connectivity index (χ0) is 13.5. The van der Waals surface area contributed by atoms with E-state index in [1.807, 2.05) is 6.07 Å². The monoisotopic (exact) mass is 248 g/mol. The minimum absolute atomic E-state index is 0.389. The van der Waals surface area contributed by atoms with E-state index in [2.05, 4.69) is 26.8 Å². The molecule has 100 valence electrons. The summed E-state index contributed by atoms with van der Waals surface area (Å²) in [5.74, 6) is 1.33. The maximum Gasteiger partial charge on any atom is 0.132 e. The number of rotatable bonds is 7.